The van der Waals surface area contributed by atoms with Crippen LogP contribution in [0.15, 0.2) is 21.1 Å². The lowest BCUT2D eigenvalue weighted by molar-refractivity contribution is 0.108. The second-order valence-electron chi connectivity index (χ2n) is 5.35. The summed E-state index contributed by atoms with van der Waals surface area (Å²) in [7, 11) is 0. The first-order valence-corrected chi connectivity index (χ1v) is 8.93. The molecule has 2 heterocycles. The summed E-state index contributed by atoms with van der Waals surface area (Å²) >= 11 is 5.30. The fraction of sp³-hybridized carbons (Fsp3) is 0.643. The van der Waals surface area contributed by atoms with E-state index in [0.717, 1.165) is 45.6 Å². The van der Waals surface area contributed by atoms with E-state index in [-0.39, 0.29) is 6.04 Å². The maximum absolute atomic E-state index is 8.93. The van der Waals surface area contributed by atoms with Crippen molar-refractivity contribution in [3.05, 3.63) is 20.8 Å². The molecule has 2 rings (SSSR count). The summed E-state index contributed by atoms with van der Waals surface area (Å²) in [5.41, 5.74) is 5.84. The molecule has 1 aromatic rings. The smallest absolute Gasteiger partial charge is 0.156 e. The van der Waals surface area contributed by atoms with Crippen molar-refractivity contribution in [2.75, 3.05) is 26.2 Å². The zero-order chi connectivity index (χ0) is 15.2. The molecule has 0 aromatic carbocycles. The van der Waals surface area contributed by atoms with Gasteiger partial charge in [0, 0.05) is 37.6 Å². The number of piperazine rings is 1. The molecule has 0 spiro atoms. The molecule has 3 N–H and O–H groups in total. The van der Waals surface area contributed by atoms with Gasteiger partial charge in [0.1, 0.15) is 0 Å². The van der Waals surface area contributed by atoms with Crippen molar-refractivity contribution in [2.24, 2.45) is 10.9 Å². The average Bonchev–Trinajstić information content (AvgIpc) is 2.90. The van der Waals surface area contributed by atoms with Gasteiger partial charge >= 0.3 is 0 Å². The van der Waals surface area contributed by atoms with Crippen LogP contribution in [-0.2, 0) is 6.54 Å². The highest BCUT2D eigenvalue weighted by molar-refractivity contribution is 9.11. The third kappa shape index (κ3) is 4.67. The van der Waals surface area contributed by atoms with E-state index < -0.39 is 0 Å². The number of oxime groups is 1. The standard InChI is InChI=1S/C14H23BrN4OS/c1-2-3-12(14(16)17-20)19-8-6-18(7-9-19)10-11-4-5-13(15)21-11/h4-5,12,20H,2-3,6-10H2,1H3,(H2,16,17). The molecule has 21 heavy (non-hydrogen) atoms. The SMILES string of the molecule is CCCC(C(N)=NO)N1CCN(Cc2ccc(Br)s2)CC1. The van der Waals surface area contributed by atoms with E-state index >= 15 is 0 Å². The molecular formula is C14H23BrN4OS. The monoisotopic (exact) mass is 374 g/mol. The lowest BCUT2D eigenvalue weighted by Crippen LogP contribution is -2.53. The first-order chi connectivity index (χ1) is 10.1. The number of thiophene rings is 1. The molecule has 1 aliphatic heterocycles. The summed E-state index contributed by atoms with van der Waals surface area (Å²) in [4.78, 5) is 6.18. The fourth-order valence-electron chi connectivity index (χ4n) is 2.75. The van der Waals surface area contributed by atoms with Gasteiger partial charge in [-0.1, -0.05) is 18.5 Å². The molecule has 0 amide bonds. The van der Waals surface area contributed by atoms with Crippen LogP contribution in [0.2, 0.25) is 0 Å². The highest BCUT2D eigenvalue weighted by Gasteiger charge is 2.26. The number of amidine groups is 1. The number of hydrogen-bond acceptors (Lipinski definition) is 5. The van der Waals surface area contributed by atoms with Crippen molar-refractivity contribution in [3.8, 4) is 0 Å². The zero-order valence-electron chi connectivity index (χ0n) is 12.3. The highest BCUT2D eigenvalue weighted by atomic mass is 79.9. The molecule has 1 aromatic heterocycles. The average molecular weight is 375 g/mol. The highest BCUT2D eigenvalue weighted by Crippen LogP contribution is 2.24. The van der Waals surface area contributed by atoms with E-state index in [2.05, 4.69) is 49.9 Å². The Hall–Kier alpha value is -0.630. The molecule has 0 aliphatic carbocycles. The van der Waals surface area contributed by atoms with Gasteiger partial charge in [0.25, 0.3) is 0 Å². The predicted molar refractivity (Wildman–Crippen MR) is 91.0 cm³/mol. The summed E-state index contributed by atoms with van der Waals surface area (Å²) < 4.78 is 1.19. The van der Waals surface area contributed by atoms with Gasteiger partial charge in [-0.15, -0.1) is 11.3 Å². The molecule has 0 bridgehead atoms. The largest absolute Gasteiger partial charge is 0.409 e. The minimum absolute atomic E-state index is 0.0676. The summed E-state index contributed by atoms with van der Waals surface area (Å²) in [6.07, 6.45) is 1.97. The van der Waals surface area contributed by atoms with Gasteiger partial charge in [-0.05, 0) is 34.5 Å². The molecular weight excluding hydrogens is 352 g/mol. The molecule has 118 valence electrons. The number of halogens is 1. The molecule has 1 aliphatic rings. The van der Waals surface area contributed by atoms with Crippen molar-refractivity contribution < 1.29 is 5.21 Å². The van der Waals surface area contributed by atoms with E-state index in [4.69, 9.17) is 10.9 Å². The maximum Gasteiger partial charge on any atom is 0.156 e. The third-order valence-electron chi connectivity index (χ3n) is 3.87. The van der Waals surface area contributed by atoms with Crippen LogP contribution in [0.3, 0.4) is 0 Å². The summed E-state index contributed by atoms with van der Waals surface area (Å²) in [6, 6.07) is 4.35. The summed E-state index contributed by atoms with van der Waals surface area (Å²) in [5.74, 6) is 0.340. The number of hydrogen-bond donors (Lipinski definition) is 2. The minimum atomic E-state index is 0.0676. The van der Waals surface area contributed by atoms with Crippen molar-refractivity contribution in [1.29, 1.82) is 0 Å². The number of rotatable bonds is 6. The Morgan fingerprint density at radius 1 is 1.43 bits per heavy atom. The molecule has 1 unspecified atom stereocenters. The van der Waals surface area contributed by atoms with Gasteiger partial charge in [0.05, 0.1) is 9.83 Å². The van der Waals surface area contributed by atoms with Gasteiger partial charge in [-0.25, -0.2) is 0 Å². The Morgan fingerprint density at radius 3 is 2.67 bits per heavy atom. The second-order valence-corrected chi connectivity index (χ2v) is 7.89. The molecule has 0 saturated carbocycles. The Morgan fingerprint density at radius 2 is 2.14 bits per heavy atom. The third-order valence-corrected chi connectivity index (χ3v) is 5.48. The molecule has 1 fully saturated rings. The maximum atomic E-state index is 8.93. The number of nitrogens with two attached hydrogens (primary N) is 1. The summed E-state index contributed by atoms with van der Waals surface area (Å²) in [5, 5.41) is 12.1. The van der Waals surface area contributed by atoms with Gasteiger partial charge in [-0.3, -0.25) is 9.80 Å². The quantitative estimate of drug-likeness (QED) is 0.347. The lowest BCUT2D eigenvalue weighted by atomic mass is 10.1. The van der Waals surface area contributed by atoms with Crippen LogP contribution in [0, 0.1) is 0 Å². The van der Waals surface area contributed by atoms with Crippen LogP contribution in [0.4, 0.5) is 0 Å². The van der Waals surface area contributed by atoms with Crippen LogP contribution in [0.1, 0.15) is 24.6 Å². The Balaban J connectivity index is 1.86. The summed E-state index contributed by atoms with van der Waals surface area (Å²) in [6.45, 7) is 7.11. The molecule has 1 atom stereocenters. The lowest BCUT2D eigenvalue weighted by Gasteiger charge is -2.38. The second kappa shape index (κ2) is 8.12. The van der Waals surface area contributed by atoms with Crippen LogP contribution in [0.5, 0.6) is 0 Å². The van der Waals surface area contributed by atoms with E-state index in [1.165, 1.54) is 8.66 Å². The number of nitrogens with zero attached hydrogens (tertiary/aromatic N) is 3. The Bertz CT molecular complexity index is 471. The van der Waals surface area contributed by atoms with Crippen molar-refractivity contribution in [2.45, 2.75) is 32.4 Å². The van der Waals surface area contributed by atoms with E-state index in [1.807, 2.05) is 0 Å². The zero-order valence-corrected chi connectivity index (χ0v) is 14.7. The van der Waals surface area contributed by atoms with Crippen molar-refractivity contribution in [1.82, 2.24) is 9.80 Å². The predicted octanol–water partition coefficient (Wildman–Crippen LogP) is 2.54. The van der Waals surface area contributed by atoms with Gasteiger partial charge in [0.2, 0.25) is 0 Å². The first-order valence-electron chi connectivity index (χ1n) is 7.32. The van der Waals surface area contributed by atoms with E-state index in [0.29, 0.717) is 5.84 Å². The van der Waals surface area contributed by atoms with Crippen LogP contribution in [-0.4, -0.2) is 53.1 Å². The minimum Gasteiger partial charge on any atom is -0.409 e. The van der Waals surface area contributed by atoms with E-state index in [9.17, 15) is 0 Å². The molecule has 5 nitrogen and oxygen atoms in total. The molecule has 7 heteroatoms. The van der Waals surface area contributed by atoms with E-state index in [1.54, 1.807) is 11.3 Å². The first kappa shape index (κ1) is 16.7. The van der Waals surface area contributed by atoms with Crippen molar-refractivity contribution in [3.63, 3.8) is 0 Å². The Kier molecular flexibility index (Phi) is 6.47. The van der Waals surface area contributed by atoms with Gasteiger partial charge < -0.3 is 10.9 Å². The van der Waals surface area contributed by atoms with Gasteiger partial charge in [-0.2, -0.15) is 0 Å². The van der Waals surface area contributed by atoms with Crippen molar-refractivity contribution >= 4 is 33.1 Å². The molecule has 0 radical (unpaired) electrons. The molecule has 1 saturated heterocycles. The fourth-order valence-corrected chi connectivity index (χ4v) is 4.27. The van der Waals surface area contributed by atoms with Crippen LogP contribution < -0.4 is 5.73 Å². The Labute approximate surface area is 138 Å². The van der Waals surface area contributed by atoms with Gasteiger partial charge in [0.15, 0.2) is 5.84 Å². The normalized spacial score (nSPS) is 19.8. The van der Waals surface area contributed by atoms with Crippen LogP contribution in [0.25, 0.3) is 0 Å². The van der Waals surface area contributed by atoms with Crippen LogP contribution >= 0.6 is 27.3 Å². The topological polar surface area (TPSA) is 65.1 Å².